The molecule has 3 nitrogen and oxygen atoms in total. The number of carbonyl (C=O) groups excluding carboxylic acids is 1. The second-order valence-electron chi connectivity index (χ2n) is 3.72. The van der Waals surface area contributed by atoms with E-state index in [1.807, 2.05) is 0 Å². The largest absolute Gasteiger partial charge is 0.352 e. The molecule has 1 amide bonds. The van der Waals surface area contributed by atoms with Crippen LogP contribution in [-0.4, -0.2) is 19.0 Å². The van der Waals surface area contributed by atoms with Crippen LogP contribution in [0.2, 0.25) is 0 Å². The molecule has 0 heterocycles. The summed E-state index contributed by atoms with van der Waals surface area (Å²) >= 11 is 0. The number of hydrogen-bond donors (Lipinski definition) is 2. The molecular formula is C13H17FN2O. The van der Waals surface area contributed by atoms with Crippen LogP contribution in [0.3, 0.4) is 0 Å². The summed E-state index contributed by atoms with van der Waals surface area (Å²) in [5.41, 5.74) is 6.27. The summed E-state index contributed by atoms with van der Waals surface area (Å²) in [5, 5.41) is 2.72. The van der Waals surface area contributed by atoms with Crippen molar-refractivity contribution >= 4 is 5.91 Å². The van der Waals surface area contributed by atoms with Gasteiger partial charge in [-0.2, -0.15) is 0 Å². The summed E-state index contributed by atoms with van der Waals surface area (Å²) in [4.78, 5) is 11.9. The van der Waals surface area contributed by atoms with Crippen molar-refractivity contribution < 1.29 is 9.18 Å². The molecule has 0 bridgehead atoms. The number of hydrogen-bond acceptors (Lipinski definition) is 2. The molecule has 0 radical (unpaired) electrons. The van der Waals surface area contributed by atoms with Crippen LogP contribution in [0.1, 0.15) is 17.9 Å². The fourth-order valence-corrected chi connectivity index (χ4v) is 1.61. The summed E-state index contributed by atoms with van der Waals surface area (Å²) in [6.07, 6.45) is 2.15. The Morgan fingerprint density at radius 1 is 1.47 bits per heavy atom. The lowest BCUT2D eigenvalue weighted by atomic mass is 9.95. The topological polar surface area (TPSA) is 55.1 Å². The van der Waals surface area contributed by atoms with Gasteiger partial charge in [0.2, 0.25) is 5.91 Å². The Morgan fingerprint density at radius 3 is 2.65 bits per heavy atom. The Morgan fingerprint density at radius 2 is 2.12 bits per heavy atom. The smallest absolute Gasteiger partial charge is 0.227 e. The van der Waals surface area contributed by atoms with Gasteiger partial charge in [0.05, 0.1) is 5.92 Å². The van der Waals surface area contributed by atoms with Gasteiger partial charge in [-0.1, -0.05) is 18.2 Å². The second-order valence-corrected chi connectivity index (χ2v) is 3.72. The van der Waals surface area contributed by atoms with Gasteiger partial charge in [0, 0.05) is 6.54 Å². The van der Waals surface area contributed by atoms with Crippen LogP contribution in [-0.2, 0) is 4.79 Å². The molecule has 0 saturated carbocycles. The molecule has 0 aromatic heterocycles. The first-order valence-corrected chi connectivity index (χ1v) is 5.53. The van der Waals surface area contributed by atoms with Crippen molar-refractivity contribution in [3.05, 3.63) is 48.3 Å². The number of carbonyl (C=O) groups is 1. The maximum Gasteiger partial charge on any atom is 0.227 e. The highest BCUT2D eigenvalue weighted by molar-refractivity contribution is 5.83. The summed E-state index contributed by atoms with van der Waals surface area (Å²) < 4.78 is 12.8. The molecule has 17 heavy (non-hydrogen) atoms. The van der Waals surface area contributed by atoms with E-state index >= 15 is 0 Å². The maximum atomic E-state index is 12.8. The molecule has 0 fully saturated rings. The monoisotopic (exact) mass is 236 g/mol. The third kappa shape index (κ3) is 4.00. The fraction of sp³-hybridized carbons (Fsp3) is 0.308. The van der Waals surface area contributed by atoms with Crippen LogP contribution in [0, 0.1) is 5.82 Å². The zero-order valence-electron chi connectivity index (χ0n) is 9.66. The molecule has 1 aromatic rings. The number of nitrogens with one attached hydrogen (secondary N) is 1. The van der Waals surface area contributed by atoms with Crippen LogP contribution >= 0.6 is 0 Å². The quantitative estimate of drug-likeness (QED) is 0.736. The molecule has 0 aliphatic rings. The highest BCUT2D eigenvalue weighted by Crippen LogP contribution is 2.19. The van der Waals surface area contributed by atoms with Gasteiger partial charge in [0.1, 0.15) is 5.82 Å². The molecule has 0 spiro atoms. The maximum absolute atomic E-state index is 12.8. The highest BCUT2D eigenvalue weighted by atomic mass is 19.1. The van der Waals surface area contributed by atoms with Crippen molar-refractivity contribution in [1.82, 2.24) is 5.32 Å². The van der Waals surface area contributed by atoms with E-state index in [4.69, 9.17) is 5.73 Å². The van der Waals surface area contributed by atoms with Gasteiger partial charge >= 0.3 is 0 Å². The van der Waals surface area contributed by atoms with Gasteiger partial charge in [0.25, 0.3) is 0 Å². The fourth-order valence-electron chi connectivity index (χ4n) is 1.61. The first kappa shape index (κ1) is 13.4. The summed E-state index contributed by atoms with van der Waals surface area (Å²) in [5.74, 6) is -0.755. The molecule has 0 aliphatic carbocycles. The Hall–Kier alpha value is -1.68. The molecule has 1 rings (SSSR count). The average molecular weight is 236 g/mol. The van der Waals surface area contributed by atoms with E-state index in [2.05, 4.69) is 11.9 Å². The van der Waals surface area contributed by atoms with Crippen molar-refractivity contribution in [2.75, 3.05) is 13.1 Å². The number of benzene rings is 1. The van der Waals surface area contributed by atoms with Gasteiger partial charge < -0.3 is 11.1 Å². The SMILES string of the molecule is C=CCNC(=O)C(CCN)c1ccc(F)cc1. The molecule has 1 unspecified atom stereocenters. The molecule has 4 heteroatoms. The van der Waals surface area contributed by atoms with E-state index in [1.165, 1.54) is 12.1 Å². The number of halogens is 1. The number of amides is 1. The van der Waals surface area contributed by atoms with Crippen LogP contribution in [0.15, 0.2) is 36.9 Å². The Bertz CT molecular complexity index is 376. The lowest BCUT2D eigenvalue weighted by Gasteiger charge is -2.15. The van der Waals surface area contributed by atoms with Gasteiger partial charge in [-0.15, -0.1) is 6.58 Å². The summed E-state index contributed by atoms with van der Waals surface area (Å²) in [6, 6.07) is 5.92. The van der Waals surface area contributed by atoms with E-state index in [9.17, 15) is 9.18 Å². The van der Waals surface area contributed by atoms with Crippen LogP contribution in [0.5, 0.6) is 0 Å². The second kappa shape index (κ2) is 6.81. The predicted molar refractivity (Wildman–Crippen MR) is 66.0 cm³/mol. The van der Waals surface area contributed by atoms with Crippen molar-refractivity contribution in [3.63, 3.8) is 0 Å². The van der Waals surface area contributed by atoms with E-state index in [0.29, 0.717) is 19.5 Å². The van der Waals surface area contributed by atoms with E-state index in [0.717, 1.165) is 5.56 Å². The van der Waals surface area contributed by atoms with Crippen molar-refractivity contribution in [3.8, 4) is 0 Å². The molecule has 3 N–H and O–H groups in total. The van der Waals surface area contributed by atoms with E-state index in [-0.39, 0.29) is 17.6 Å². The Balaban J connectivity index is 2.80. The zero-order valence-corrected chi connectivity index (χ0v) is 9.66. The summed E-state index contributed by atoms with van der Waals surface area (Å²) in [6.45, 7) is 4.36. The van der Waals surface area contributed by atoms with Crippen molar-refractivity contribution in [1.29, 1.82) is 0 Å². The molecule has 92 valence electrons. The third-order valence-corrected chi connectivity index (χ3v) is 2.46. The normalized spacial score (nSPS) is 11.9. The molecule has 0 aliphatic heterocycles. The van der Waals surface area contributed by atoms with Crippen molar-refractivity contribution in [2.24, 2.45) is 5.73 Å². The van der Waals surface area contributed by atoms with Crippen LogP contribution < -0.4 is 11.1 Å². The van der Waals surface area contributed by atoms with E-state index in [1.54, 1.807) is 18.2 Å². The van der Waals surface area contributed by atoms with Crippen LogP contribution in [0.25, 0.3) is 0 Å². The third-order valence-electron chi connectivity index (χ3n) is 2.46. The van der Waals surface area contributed by atoms with Crippen LogP contribution in [0.4, 0.5) is 4.39 Å². The Labute approximate surface area is 101 Å². The lowest BCUT2D eigenvalue weighted by Crippen LogP contribution is -2.30. The minimum absolute atomic E-state index is 0.109. The minimum Gasteiger partial charge on any atom is -0.352 e. The van der Waals surface area contributed by atoms with Gasteiger partial charge in [0.15, 0.2) is 0 Å². The Kier molecular flexibility index (Phi) is 5.36. The van der Waals surface area contributed by atoms with Gasteiger partial charge in [-0.25, -0.2) is 4.39 Å². The molecule has 0 saturated heterocycles. The average Bonchev–Trinajstić information content (AvgIpc) is 2.34. The molecular weight excluding hydrogens is 219 g/mol. The lowest BCUT2D eigenvalue weighted by molar-refractivity contribution is -0.122. The summed E-state index contributed by atoms with van der Waals surface area (Å²) in [7, 11) is 0. The highest BCUT2D eigenvalue weighted by Gasteiger charge is 2.19. The first-order valence-electron chi connectivity index (χ1n) is 5.53. The van der Waals surface area contributed by atoms with Gasteiger partial charge in [-0.3, -0.25) is 4.79 Å². The van der Waals surface area contributed by atoms with Gasteiger partial charge in [-0.05, 0) is 30.7 Å². The standard InChI is InChI=1S/C13H17FN2O/c1-2-9-16-13(17)12(7-8-15)10-3-5-11(14)6-4-10/h2-6,12H,1,7-9,15H2,(H,16,17). The molecule has 1 aromatic carbocycles. The van der Waals surface area contributed by atoms with E-state index < -0.39 is 0 Å². The number of rotatable bonds is 6. The molecule has 1 atom stereocenters. The number of nitrogens with two attached hydrogens (primary N) is 1. The minimum atomic E-state index is -0.333. The predicted octanol–water partition coefficient (Wildman–Crippen LogP) is 1.56. The van der Waals surface area contributed by atoms with Crippen molar-refractivity contribution in [2.45, 2.75) is 12.3 Å². The first-order chi connectivity index (χ1) is 8.19. The zero-order chi connectivity index (χ0) is 12.7.